The van der Waals surface area contributed by atoms with Crippen LogP contribution < -0.4 is 17.0 Å². The number of hydrazine groups is 1. The summed E-state index contributed by atoms with van der Waals surface area (Å²) in [6, 6.07) is -0.257. The van der Waals surface area contributed by atoms with Crippen LogP contribution in [-0.2, 0) is 9.59 Å². The highest BCUT2D eigenvalue weighted by atomic mass is 16.2. The number of nitrogens with one attached hydrogen (secondary N) is 1. The van der Waals surface area contributed by atoms with E-state index in [1.165, 1.54) is 0 Å². The molecule has 92 valence electrons. The van der Waals surface area contributed by atoms with Crippen molar-refractivity contribution in [3.63, 3.8) is 0 Å². The number of likely N-dealkylation sites (tertiary alicyclic amines) is 1. The van der Waals surface area contributed by atoms with Crippen LogP contribution in [0.1, 0.15) is 26.2 Å². The average Bonchev–Trinajstić information content (AvgIpc) is 2.30. The Bertz CT molecular complexity index is 270. The molecule has 0 aromatic heterocycles. The van der Waals surface area contributed by atoms with Crippen LogP contribution in [0.5, 0.6) is 0 Å². The zero-order chi connectivity index (χ0) is 12.1. The molecule has 1 heterocycles. The molecule has 6 heteroatoms. The summed E-state index contributed by atoms with van der Waals surface area (Å²) in [4.78, 5) is 24.6. The van der Waals surface area contributed by atoms with Gasteiger partial charge in [-0.3, -0.25) is 19.9 Å². The Labute approximate surface area is 95.3 Å². The van der Waals surface area contributed by atoms with Gasteiger partial charge in [-0.15, -0.1) is 0 Å². The molecule has 0 aliphatic carbocycles. The highest BCUT2D eigenvalue weighted by molar-refractivity contribution is 5.81. The number of hydrogen-bond acceptors (Lipinski definition) is 4. The second-order valence-electron chi connectivity index (χ2n) is 4.17. The first-order valence-corrected chi connectivity index (χ1v) is 5.64. The Balaban J connectivity index is 2.63. The van der Waals surface area contributed by atoms with E-state index in [1.807, 2.05) is 11.8 Å². The van der Waals surface area contributed by atoms with E-state index in [0.29, 0.717) is 13.0 Å². The Morgan fingerprint density at radius 2 is 2.25 bits per heavy atom. The monoisotopic (exact) mass is 228 g/mol. The first-order chi connectivity index (χ1) is 7.60. The van der Waals surface area contributed by atoms with E-state index in [-0.39, 0.29) is 23.8 Å². The molecule has 5 N–H and O–H groups in total. The zero-order valence-electron chi connectivity index (χ0n) is 9.61. The fourth-order valence-electron chi connectivity index (χ4n) is 2.23. The van der Waals surface area contributed by atoms with E-state index in [4.69, 9.17) is 11.6 Å². The summed E-state index contributed by atoms with van der Waals surface area (Å²) >= 11 is 0. The maximum atomic E-state index is 11.5. The molecule has 0 radical (unpaired) electrons. The maximum Gasteiger partial charge on any atom is 0.251 e. The van der Waals surface area contributed by atoms with Crippen LogP contribution in [0.3, 0.4) is 0 Å². The fraction of sp³-hybridized carbons (Fsp3) is 0.800. The Hall–Kier alpha value is -1.14. The van der Waals surface area contributed by atoms with Crippen molar-refractivity contribution < 1.29 is 9.59 Å². The number of carbonyl (C=O) groups is 2. The summed E-state index contributed by atoms with van der Waals surface area (Å²) in [5, 5.41) is 0. The lowest BCUT2D eigenvalue weighted by Gasteiger charge is -2.35. The van der Waals surface area contributed by atoms with Crippen molar-refractivity contribution in [1.29, 1.82) is 0 Å². The smallest absolute Gasteiger partial charge is 0.251 e. The summed E-state index contributed by atoms with van der Waals surface area (Å²) in [7, 11) is 0. The summed E-state index contributed by atoms with van der Waals surface area (Å²) < 4.78 is 0. The molecule has 1 aliphatic rings. The number of piperidine rings is 1. The Kier molecular flexibility index (Phi) is 4.70. The lowest BCUT2D eigenvalue weighted by atomic mass is 9.95. The molecule has 1 rings (SSSR count). The minimum absolute atomic E-state index is 0.145. The number of hydrogen-bond donors (Lipinski definition) is 3. The molecule has 0 saturated carbocycles. The lowest BCUT2D eigenvalue weighted by Crippen LogP contribution is -2.53. The molecule has 0 bridgehead atoms. The van der Waals surface area contributed by atoms with Crippen molar-refractivity contribution in [2.45, 2.75) is 32.2 Å². The van der Waals surface area contributed by atoms with Gasteiger partial charge in [-0.05, 0) is 25.8 Å². The summed E-state index contributed by atoms with van der Waals surface area (Å²) in [5.74, 6) is 4.50. The third-order valence-corrected chi connectivity index (χ3v) is 3.13. The van der Waals surface area contributed by atoms with Gasteiger partial charge >= 0.3 is 0 Å². The normalized spacial score (nSPS) is 23.8. The van der Waals surface area contributed by atoms with Crippen molar-refractivity contribution in [2.75, 3.05) is 13.1 Å². The highest BCUT2D eigenvalue weighted by Gasteiger charge is 2.30. The SMILES string of the molecule is CCC(C(=O)NN)N1CCCC(C(N)=O)C1. The van der Waals surface area contributed by atoms with Gasteiger partial charge in [0.1, 0.15) is 0 Å². The van der Waals surface area contributed by atoms with Crippen molar-refractivity contribution in [2.24, 2.45) is 17.5 Å². The quantitative estimate of drug-likeness (QED) is 0.325. The predicted octanol–water partition coefficient (Wildman–Crippen LogP) is -1.05. The molecule has 0 spiro atoms. The molecular weight excluding hydrogens is 208 g/mol. The standard InChI is InChI=1S/C10H20N4O2/c1-2-8(10(16)13-12)14-5-3-4-7(6-14)9(11)15/h7-8H,2-6,12H2,1H3,(H2,11,15)(H,13,16). The van der Waals surface area contributed by atoms with E-state index >= 15 is 0 Å². The van der Waals surface area contributed by atoms with E-state index < -0.39 is 0 Å². The second kappa shape index (κ2) is 5.81. The number of nitrogens with zero attached hydrogens (tertiary/aromatic N) is 1. The number of carbonyl (C=O) groups excluding carboxylic acids is 2. The van der Waals surface area contributed by atoms with Crippen LogP contribution in [0.4, 0.5) is 0 Å². The molecule has 0 aromatic rings. The number of nitrogens with two attached hydrogens (primary N) is 2. The van der Waals surface area contributed by atoms with Crippen molar-refractivity contribution in [3.05, 3.63) is 0 Å². The van der Waals surface area contributed by atoms with Crippen molar-refractivity contribution in [3.8, 4) is 0 Å². The Morgan fingerprint density at radius 1 is 1.56 bits per heavy atom. The molecule has 0 aromatic carbocycles. The fourth-order valence-corrected chi connectivity index (χ4v) is 2.23. The number of rotatable bonds is 4. The van der Waals surface area contributed by atoms with Crippen LogP contribution in [0.25, 0.3) is 0 Å². The Morgan fingerprint density at radius 3 is 2.75 bits per heavy atom. The maximum absolute atomic E-state index is 11.5. The van der Waals surface area contributed by atoms with Crippen LogP contribution in [0, 0.1) is 5.92 Å². The van der Waals surface area contributed by atoms with Gasteiger partial charge in [0.15, 0.2) is 0 Å². The van der Waals surface area contributed by atoms with Gasteiger partial charge in [0.25, 0.3) is 5.91 Å². The minimum Gasteiger partial charge on any atom is -0.369 e. The molecule has 1 aliphatic heterocycles. The lowest BCUT2D eigenvalue weighted by molar-refractivity contribution is -0.130. The van der Waals surface area contributed by atoms with Gasteiger partial charge in [-0.2, -0.15) is 0 Å². The highest BCUT2D eigenvalue weighted by Crippen LogP contribution is 2.19. The molecule has 6 nitrogen and oxygen atoms in total. The molecule has 2 atom stereocenters. The van der Waals surface area contributed by atoms with E-state index in [2.05, 4.69) is 5.43 Å². The van der Waals surface area contributed by atoms with E-state index in [9.17, 15) is 9.59 Å². The van der Waals surface area contributed by atoms with Gasteiger partial charge in [0.2, 0.25) is 5.91 Å². The summed E-state index contributed by atoms with van der Waals surface area (Å²) in [6.45, 7) is 3.30. The molecule has 2 unspecified atom stereocenters. The van der Waals surface area contributed by atoms with Crippen LogP contribution in [0.15, 0.2) is 0 Å². The van der Waals surface area contributed by atoms with Crippen molar-refractivity contribution >= 4 is 11.8 Å². The van der Waals surface area contributed by atoms with Gasteiger partial charge in [-0.1, -0.05) is 6.92 Å². The molecule has 1 saturated heterocycles. The summed E-state index contributed by atoms with van der Waals surface area (Å²) in [5.41, 5.74) is 7.45. The first kappa shape index (κ1) is 12.9. The molecule has 2 amide bonds. The summed E-state index contributed by atoms with van der Waals surface area (Å²) in [6.07, 6.45) is 2.38. The topological polar surface area (TPSA) is 101 Å². The third kappa shape index (κ3) is 2.93. The van der Waals surface area contributed by atoms with Gasteiger partial charge in [0, 0.05) is 6.54 Å². The second-order valence-corrected chi connectivity index (χ2v) is 4.17. The molecular formula is C10H20N4O2. The van der Waals surface area contributed by atoms with E-state index in [1.54, 1.807) is 0 Å². The van der Waals surface area contributed by atoms with Gasteiger partial charge in [-0.25, -0.2) is 5.84 Å². The first-order valence-electron chi connectivity index (χ1n) is 5.64. The number of amides is 2. The van der Waals surface area contributed by atoms with Gasteiger partial charge < -0.3 is 5.73 Å². The average molecular weight is 228 g/mol. The molecule has 16 heavy (non-hydrogen) atoms. The van der Waals surface area contributed by atoms with Crippen molar-refractivity contribution in [1.82, 2.24) is 10.3 Å². The largest absolute Gasteiger partial charge is 0.369 e. The van der Waals surface area contributed by atoms with Gasteiger partial charge in [0.05, 0.1) is 12.0 Å². The molecule has 1 fully saturated rings. The zero-order valence-corrected chi connectivity index (χ0v) is 9.61. The van der Waals surface area contributed by atoms with Crippen LogP contribution >= 0.6 is 0 Å². The predicted molar refractivity (Wildman–Crippen MR) is 59.9 cm³/mol. The van der Waals surface area contributed by atoms with Crippen LogP contribution in [-0.4, -0.2) is 35.8 Å². The number of primary amides is 1. The third-order valence-electron chi connectivity index (χ3n) is 3.13. The van der Waals surface area contributed by atoms with E-state index in [0.717, 1.165) is 19.4 Å². The van der Waals surface area contributed by atoms with Crippen LogP contribution in [0.2, 0.25) is 0 Å². The minimum atomic E-state index is -0.285.